The summed E-state index contributed by atoms with van der Waals surface area (Å²) in [4.78, 5) is 37.6. The molecule has 0 radical (unpaired) electrons. The molecule has 142 valence electrons. The van der Waals surface area contributed by atoms with Crippen molar-refractivity contribution in [3.63, 3.8) is 0 Å². The van der Waals surface area contributed by atoms with E-state index in [1.807, 2.05) is 31.2 Å². The van der Waals surface area contributed by atoms with Crippen LogP contribution in [0.3, 0.4) is 0 Å². The second-order valence-corrected chi connectivity index (χ2v) is 6.14. The van der Waals surface area contributed by atoms with Crippen LogP contribution in [-0.2, 0) is 9.59 Å². The molecule has 7 heteroatoms. The van der Waals surface area contributed by atoms with Gasteiger partial charge in [0.2, 0.25) is 11.8 Å². The van der Waals surface area contributed by atoms with E-state index in [-0.39, 0.29) is 30.8 Å². The van der Waals surface area contributed by atoms with Crippen molar-refractivity contribution >= 4 is 29.1 Å². The Morgan fingerprint density at radius 3 is 2.33 bits per heavy atom. The van der Waals surface area contributed by atoms with Crippen molar-refractivity contribution in [1.29, 1.82) is 0 Å². The lowest BCUT2D eigenvalue weighted by molar-refractivity contribution is -0.131. The average molecular weight is 368 g/mol. The summed E-state index contributed by atoms with van der Waals surface area (Å²) in [5, 5.41) is 8.27. The number of anilines is 2. The van der Waals surface area contributed by atoms with E-state index in [1.54, 1.807) is 38.4 Å². The first kappa shape index (κ1) is 20.0. The van der Waals surface area contributed by atoms with Crippen molar-refractivity contribution in [1.82, 2.24) is 10.2 Å². The molecular weight excluding hydrogens is 344 g/mol. The zero-order chi connectivity index (χ0) is 19.8. The largest absolute Gasteiger partial charge is 0.376 e. The Morgan fingerprint density at radius 1 is 1.00 bits per heavy atom. The fraction of sp³-hybridized carbons (Fsp3) is 0.250. The Morgan fingerprint density at radius 2 is 1.67 bits per heavy atom. The van der Waals surface area contributed by atoms with E-state index in [0.29, 0.717) is 16.9 Å². The number of para-hydroxylation sites is 1. The lowest BCUT2D eigenvalue weighted by Crippen LogP contribution is -2.38. The third kappa shape index (κ3) is 5.85. The molecule has 0 aliphatic carbocycles. The van der Waals surface area contributed by atoms with Crippen LogP contribution in [-0.4, -0.2) is 49.8 Å². The molecule has 0 saturated carbocycles. The van der Waals surface area contributed by atoms with Gasteiger partial charge in [0, 0.05) is 25.5 Å². The lowest BCUT2D eigenvalue weighted by atomic mass is 10.1. The van der Waals surface area contributed by atoms with Gasteiger partial charge in [-0.25, -0.2) is 0 Å². The molecule has 2 aromatic rings. The fourth-order valence-corrected chi connectivity index (χ4v) is 2.42. The van der Waals surface area contributed by atoms with Crippen molar-refractivity contribution in [2.45, 2.75) is 6.92 Å². The SMILES string of the molecule is CNC(=O)c1ccccc1NCC(=O)N(C)CC(=O)Nc1ccc(C)cc1. The molecule has 3 N–H and O–H groups in total. The first-order valence-corrected chi connectivity index (χ1v) is 8.56. The van der Waals surface area contributed by atoms with Gasteiger partial charge >= 0.3 is 0 Å². The van der Waals surface area contributed by atoms with Crippen LogP contribution in [0.1, 0.15) is 15.9 Å². The highest BCUT2D eigenvalue weighted by atomic mass is 16.2. The number of rotatable bonds is 7. The topological polar surface area (TPSA) is 90.5 Å². The predicted octanol–water partition coefficient (Wildman–Crippen LogP) is 1.86. The fourth-order valence-electron chi connectivity index (χ4n) is 2.42. The maximum atomic E-state index is 12.3. The van der Waals surface area contributed by atoms with Gasteiger partial charge in [0.05, 0.1) is 18.7 Å². The van der Waals surface area contributed by atoms with Crippen LogP contribution in [0.25, 0.3) is 0 Å². The van der Waals surface area contributed by atoms with Gasteiger partial charge in [0.1, 0.15) is 0 Å². The number of carbonyl (C=O) groups excluding carboxylic acids is 3. The van der Waals surface area contributed by atoms with E-state index < -0.39 is 0 Å². The predicted molar refractivity (Wildman–Crippen MR) is 106 cm³/mol. The zero-order valence-electron chi connectivity index (χ0n) is 15.7. The number of nitrogens with one attached hydrogen (secondary N) is 3. The molecule has 0 saturated heterocycles. The molecule has 2 rings (SSSR count). The van der Waals surface area contributed by atoms with Gasteiger partial charge in [0.15, 0.2) is 0 Å². The number of carbonyl (C=O) groups is 3. The summed E-state index contributed by atoms with van der Waals surface area (Å²) in [5.41, 5.74) is 2.79. The maximum absolute atomic E-state index is 12.3. The molecule has 7 nitrogen and oxygen atoms in total. The maximum Gasteiger partial charge on any atom is 0.253 e. The standard InChI is InChI=1S/C20H24N4O3/c1-14-8-10-15(11-9-14)23-18(25)13-24(3)19(26)12-22-17-7-5-4-6-16(17)20(27)21-2/h4-11,22H,12-13H2,1-3H3,(H,21,27)(H,23,25). The second-order valence-electron chi connectivity index (χ2n) is 6.14. The number of aryl methyl sites for hydroxylation is 1. The molecule has 2 aromatic carbocycles. The average Bonchev–Trinajstić information content (AvgIpc) is 2.67. The van der Waals surface area contributed by atoms with Gasteiger partial charge in [-0.1, -0.05) is 29.8 Å². The Kier molecular flexibility index (Phi) is 6.93. The van der Waals surface area contributed by atoms with E-state index >= 15 is 0 Å². The smallest absolute Gasteiger partial charge is 0.253 e. The molecule has 0 atom stereocenters. The molecule has 0 aromatic heterocycles. The van der Waals surface area contributed by atoms with Crippen molar-refractivity contribution in [2.75, 3.05) is 37.8 Å². The Labute approximate surface area is 158 Å². The summed E-state index contributed by atoms with van der Waals surface area (Å²) in [5.74, 6) is -0.780. The number of hydrogen-bond acceptors (Lipinski definition) is 4. The van der Waals surface area contributed by atoms with Gasteiger partial charge in [-0.2, -0.15) is 0 Å². The number of nitrogens with zero attached hydrogens (tertiary/aromatic N) is 1. The first-order chi connectivity index (χ1) is 12.9. The number of likely N-dealkylation sites (N-methyl/N-ethyl adjacent to an activating group) is 1. The molecule has 27 heavy (non-hydrogen) atoms. The van der Waals surface area contributed by atoms with Crippen LogP contribution in [0.5, 0.6) is 0 Å². The second kappa shape index (κ2) is 9.38. The molecule has 0 aliphatic heterocycles. The highest BCUT2D eigenvalue weighted by Gasteiger charge is 2.15. The van der Waals surface area contributed by atoms with Crippen molar-refractivity contribution in [3.8, 4) is 0 Å². The van der Waals surface area contributed by atoms with Gasteiger partial charge < -0.3 is 20.9 Å². The van der Waals surface area contributed by atoms with E-state index in [1.165, 1.54) is 4.90 Å². The van der Waals surface area contributed by atoms with Gasteiger partial charge in [-0.3, -0.25) is 14.4 Å². The van der Waals surface area contributed by atoms with Gasteiger partial charge in [0.25, 0.3) is 5.91 Å². The summed E-state index contributed by atoms with van der Waals surface area (Å²) < 4.78 is 0. The Balaban J connectivity index is 1.88. The molecule has 3 amide bonds. The Hall–Kier alpha value is -3.35. The summed E-state index contributed by atoms with van der Waals surface area (Å²) in [7, 11) is 3.11. The first-order valence-electron chi connectivity index (χ1n) is 8.56. The third-order valence-electron chi connectivity index (χ3n) is 3.97. The van der Waals surface area contributed by atoms with E-state index in [0.717, 1.165) is 5.56 Å². The van der Waals surface area contributed by atoms with E-state index in [9.17, 15) is 14.4 Å². The Bertz CT molecular complexity index is 818. The lowest BCUT2D eigenvalue weighted by Gasteiger charge is -2.18. The van der Waals surface area contributed by atoms with Crippen LogP contribution in [0, 0.1) is 6.92 Å². The number of hydrogen-bond donors (Lipinski definition) is 3. The summed E-state index contributed by atoms with van der Waals surface area (Å²) in [6.45, 7) is 1.88. The summed E-state index contributed by atoms with van der Waals surface area (Å²) in [6.07, 6.45) is 0. The number of amides is 3. The molecule has 0 aliphatic rings. The molecular formula is C20H24N4O3. The summed E-state index contributed by atoms with van der Waals surface area (Å²) in [6, 6.07) is 14.3. The zero-order valence-corrected chi connectivity index (χ0v) is 15.7. The molecule has 0 bridgehead atoms. The van der Waals surface area contributed by atoms with Gasteiger partial charge in [-0.05, 0) is 31.2 Å². The van der Waals surface area contributed by atoms with Crippen molar-refractivity contribution in [2.24, 2.45) is 0 Å². The van der Waals surface area contributed by atoms with Crippen molar-refractivity contribution < 1.29 is 14.4 Å². The van der Waals surface area contributed by atoms with Crippen LogP contribution in [0.15, 0.2) is 48.5 Å². The minimum absolute atomic E-state index is 0.0255. The van der Waals surface area contributed by atoms with E-state index in [4.69, 9.17) is 0 Å². The van der Waals surface area contributed by atoms with Crippen LogP contribution in [0.4, 0.5) is 11.4 Å². The quantitative estimate of drug-likeness (QED) is 0.696. The molecule has 0 unspecified atom stereocenters. The van der Waals surface area contributed by atoms with Crippen LogP contribution in [0.2, 0.25) is 0 Å². The van der Waals surface area contributed by atoms with Gasteiger partial charge in [-0.15, -0.1) is 0 Å². The summed E-state index contributed by atoms with van der Waals surface area (Å²) >= 11 is 0. The van der Waals surface area contributed by atoms with E-state index in [2.05, 4.69) is 16.0 Å². The number of benzene rings is 2. The highest BCUT2D eigenvalue weighted by molar-refractivity contribution is 6.00. The third-order valence-corrected chi connectivity index (χ3v) is 3.97. The van der Waals surface area contributed by atoms with Crippen LogP contribution < -0.4 is 16.0 Å². The van der Waals surface area contributed by atoms with Crippen molar-refractivity contribution in [3.05, 3.63) is 59.7 Å². The monoisotopic (exact) mass is 368 g/mol. The molecule has 0 fully saturated rings. The normalized spacial score (nSPS) is 10.0. The highest BCUT2D eigenvalue weighted by Crippen LogP contribution is 2.14. The van der Waals surface area contributed by atoms with Crippen LogP contribution >= 0.6 is 0 Å². The minimum atomic E-state index is -0.277. The molecule has 0 spiro atoms. The minimum Gasteiger partial charge on any atom is -0.376 e. The molecule has 0 heterocycles.